The first-order chi connectivity index (χ1) is 50.2. The summed E-state index contributed by atoms with van der Waals surface area (Å²) in [4.78, 5) is 135. The number of fused-ring (bicyclic) bond motifs is 14. The Balaban J connectivity index is 1.17. The zero-order valence-electron chi connectivity index (χ0n) is 54.9. The van der Waals surface area contributed by atoms with E-state index in [1.54, 1.807) is 0 Å². The number of aliphatic hydroxyl groups is 3. The Morgan fingerprint density at radius 1 is 0.533 bits per heavy atom. The van der Waals surface area contributed by atoms with E-state index < -0.39 is 220 Å². The molecule has 35 heteroatoms. The molecule has 6 aliphatic rings. The van der Waals surface area contributed by atoms with Gasteiger partial charge in [0.1, 0.15) is 82.6 Å². The average molecular weight is 1490 g/mol. The van der Waals surface area contributed by atoms with Gasteiger partial charge in [-0.15, -0.1) is 0 Å². The summed E-state index contributed by atoms with van der Waals surface area (Å²) in [5, 5.41) is 110. The van der Waals surface area contributed by atoms with Gasteiger partial charge in [-0.25, -0.2) is 4.79 Å². The molecule has 0 saturated carbocycles. The minimum Gasteiger partial charge on any atom is -0.508 e. The summed E-state index contributed by atoms with van der Waals surface area (Å²) in [5.41, 5.74) is 15.2. The molecule has 6 heterocycles. The molecule has 0 aromatic heterocycles. The molecule has 13 rings (SSSR count). The molecule has 7 aromatic carbocycles. The molecule has 0 radical (unpaired) electrons. The van der Waals surface area contributed by atoms with Crippen LogP contribution in [0, 0.1) is 0 Å². The lowest BCUT2D eigenvalue weighted by Crippen LogP contribution is -2.55. The van der Waals surface area contributed by atoms with Crippen molar-refractivity contribution in [2.24, 2.45) is 17.2 Å². The van der Waals surface area contributed by atoms with Crippen molar-refractivity contribution < 1.29 is 108 Å². The maximum absolute atomic E-state index is 16.3. The Kier molecular flexibility index (Phi) is 22.6. The highest BCUT2D eigenvalue weighted by Crippen LogP contribution is 2.49. The molecule has 0 aliphatic carbocycles. The molecule has 33 nitrogen and oxygen atoms in total. The Morgan fingerprint density at radius 2 is 1.10 bits per heavy atom. The number of phenolic OH excluding ortho intramolecular Hbond substituents is 5. The van der Waals surface area contributed by atoms with Gasteiger partial charge in [0, 0.05) is 87.5 Å². The fourth-order valence-corrected chi connectivity index (χ4v) is 12.5. The molecule has 8 amide bonds. The molecule has 0 fully saturated rings. The molecule has 2 unspecified atom stereocenters. The predicted octanol–water partition coefficient (Wildman–Crippen LogP) is 1.77. The highest BCUT2D eigenvalue weighted by molar-refractivity contribution is 6.32. The first kappa shape index (κ1) is 74.5. The van der Waals surface area contributed by atoms with E-state index >= 15 is 24.0 Å². The van der Waals surface area contributed by atoms with Gasteiger partial charge in [-0.2, -0.15) is 0 Å². The van der Waals surface area contributed by atoms with E-state index in [0.29, 0.717) is 0 Å². The van der Waals surface area contributed by atoms with Crippen LogP contribution >= 0.6 is 23.2 Å². The van der Waals surface area contributed by atoms with Crippen molar-refractivity contribution >= 4 is 76.4 Å². The zero-order valence-corrected chi connectivity index (χ0v) is 56.4. The van der Waals surface area contributed by atoms with Crippen molar-refractivity contribution in [2.45, 2.75) is 79.9 Å². The number of carbonyl (C=O) groups excluding carboxylic acids is 9. The second kappa shape index (κ2) is 31.9. The Hall–Kier alpha value is -11.7. The van der Waals surface area contributed by atoms with Gasteiger partial charge in [0.25, 0.3) is 11.8 Å². The normalized spacial score (nSPS) is 20.5. The second-order valence-corrected chi connectivity index (χ2v) is 25.3. The SMILES string of the molecule is NCCNC(=O)C(CCO)OC(=O)[C@H]1NC(=O)[C@H]2NC(=O)[C@H](NC(=O)[C@@H]3NC(=O)[C@H]4NC(=O)[C@@H](Cc5ccc(c(Cl)c5)Oc5cc3cc(c5OC(CCO)C(=O)NCCN)Oc3ccc(cc3Cl)[C@H]2O)NC(=O)[C@@H](N)c2ccc(O)c(c2)Oc2cc(O)cc4c2)c2ccc(O)c(c2)-c2c(O)cc(O)cc21. The zero-order chi connectivity index (χ0) is 75.2. The van der Waals surface area contributed by atoms with Crippen LogP contribution in [-0.4, -0.2) is 158 Å². The number of phenols is 5. The predicted molar refractivity (Wildman–Crippen MR) is 367 cm³/mol. The number of aliphatic hydroxyl groups excluding tert-OH is 3. The second-order valence-electron chi connectivity index (χ2n) is 24.5. The monoisotopic (exact) mass is 1490 g/mol. The van der Waals surface area contributed by atoms with E-state index in [-0.39, 0.29) is 82.0 Å². The van der Waals surface area contributed by atoms with Gasteiger partial charge in [0.05, 0.1) is 10.0 Å². The van der Waals surface area contributed by atoms with Crippen LogP contribution in [0.5, 0.6) is 69.0 Å². The number of esters is 1. The molecule has 6 aliphatic heterocycles. The highest BCUT2D eigenvalue weighted by atomic mass is 35.5. The number of hydrogen-bond donors (Lipinski definition) is 19. The van der Waals surface area contributed by atoms with Crippen molar-refractivity contribution in [3.8, 4) is 80.1 Å². The van der Waals surface area contributed by atoms with Gasteiger partial charge >= 0.3 is 5.97 Å². The van der Waals surface area contributed by atoms with E-state index in [2.05, 4.69) is 42.5 Å². The number of nitrogens with two attached hydrogens (primary N) is 3. The summed E-state index contributed by atoms with van der Waals surface area (Å²) in [7, 11) is 0. The first-order valence-electron chi connectivity index (χ1n) is 32.4. The van der Waals surface area contributed by atoms with Crippen LogP contribution in [0.4, 0.5) is 0 Å². The summed E-state index contributed by atoms with van der Waals surface area (Å²) in [6.45, 7) is -1.74. The third-order valence-corrected chi connectivity index (χ3v) is 17.8. The molecule has 105 heavy (non-hydrogen) atoms. The number of nitrogens with one attached hydrogen (secondary N) is 8. The number of hydrogen-bond acceptors (Lipinski definition) is 25. The summed E-state index contributed by atoms with van der Waals surface area (Å²) >= 11 is 14.2. The smallest absolute Gasteiger partial charge is 0.334 e. The van der Waals surface area contributed by atoms with E-state index in [1.807, 2.05) is 0 Å². The van der Waals surface area contributed by atoms with Gasteiger partial charge in [0.2, 0.25) is 41.2 Å². The van der Waals surface area contributed by atoms with Crippen LogP contribution in [0.1, 0.15) is 88.1 Å². The number of benzene rings is 7. The summed E-state index contributed by atoms with van der Waals surface area (Å²) in [6, 6.07) is 7.01. The van der Waals surface area contributed by atoms with E-state index in [0.717, 1.165) is 66.7 Å². The highest BCUT2D eigenvalue weighted by Gasteiger charge is 2.43. The van der Waals surface area contributed by atoms with Crippen LogP contribution in [0.25, 0.3) is 11.1 Å². The molecule has 0 spiro atoms. The topological polar surface area (TPSA) is 536 Å². The maximum Gasteiger partial charge on any atom is 0.334 e. The molecular formula is C70H69Cl2N11O22. The lowest BCUT2D eigenvalue weighted by Gasteiger charge is -2.32. The van der Waals surface area contributed by atoms with Gasteiger partial charge in [0.15, 0.2) is 41.2 Å². The Labute approximate surface area is 604 Å². The minimum atomic E-state index is -2.34. The van der Waals surface area contributed by atoms with Crippen LogP contribution in [-0.2, 0) is 54.3 Å². The summed E-state index contributed by atoms with van der Waals surface area (Å²) < 4.78 is 31.4. The van der Waals surface area contributed by atoms with Gasteiger partial charge in [-0.05, 0) is 112 Å². The van der Waals surface area contributed by atoms with Crippen molar-refractivity contribution in [1.82, 2.24) is 42.5 Å². The third-order valence-electron chi connectivity index (χ3n) is 17.2. The summed E-state index contributed by atoms with van der Waals surface area (Å²) in [5.74, 6) is -17.1. The van der Waals surface area contributed by atoms with Crippen molar-refractivity contribution in [3.05, 3.63) is 164 Å². The maximum atomic E-state index is 16.3. The Bertz CT molecular complexity index is 4630. The van der Waals surface area contributed by atoms with E-state index in [4.69, 9.17) is 64.1 Å². The molecule has 550 valence electrons. The van der Waals surface area contributed by atoms with Crippen LogP contribution in [0.15, 0.2) is 115 Å². The Morgan fingerprint density at radius 3 is 1.74 bits per heavy atom. The van der Waals surface area contributed by atoms with E-state index in [1.165, 1.54) is 48.5 Å². The van der Waals surface area contributed by atoms with E-state index in [9.17, 15) is 60.0 Å². The largest absolute Gasteiger partial charge is 0.508 e. The molecule has 0 saturated heterocycles. The average Bonchev–Trinajstić information content (AvgIpc) is 0.763. The van der Waals surface area contributed by atoms with Gasteiger partial charge < -0.3 is 124 Å². The standard InChI is InChI=1S/C70H69Cl2N11O22/c71-40-17-29-1-7-46(40)102-51-24-34-25-52(61(51)104-48(9-15-84)63(93)76-13-11-73)103-47-8-4-32(22-41(47)72)60(91)59-69(99)82-58(70(100)105-49(10-16-85)64(94)77-14-12-74)39-27-36(87)28-45(90)53(39)38-21-31(3-5-43(38)88)55(66(96)83-59)80-68(98)57(34)81-67(97)56-33-19-35(86)26-37(20-33)101-50-23-30(2-6-44(50)89)54(75)65(95)78-42(18-29)62(92)79-56/h1-8,17,19-28,42,48-49,54-60,84-91H,9-16,18,73-75H2,(H,76,93)(H,77,94)(H,78,95)(H,79,92)(H,80,98)(H,81,97)(H,82,99)(H,83,96)/t42-,48?,49?,54+,55-,56+,57-,58+,59+,60-/m1/s1. The molecular weight excluding hydrogens is 1420 g/mol. The fraction of sp³-hybridized carbons (Fsp3) is 0.271. The minimum absolute atomic E-state index is 0.0455. The number of ether oxygens (including phenoxy) is 5. The number of rotatable bonds is 14. The molecule has 10 atom stereocenters. The first-order valence-corrected chi connectivity index (χ1v) is 33.2. The van der Waals surface area contributed by atoms with Crippen LogP contribution in [0.2, 0.25) is 10.0 Å². The lowest BCUT2D eigenvalue weighted by atomic mass is 9.89. The number of amides is 8. The number of halogens is 2. The molecule has 17 bridgehead atoms. The summed E-state index contributed by atoms with van der Waals surface area (Å²) in [6.07, 6.45) is -7.08. The number of carbonyl (C=O) groups is 9. The van der Waals surface area contributed by atoms with Crippen LogP contribution < -0.4 is 78.7 Å². The number of aromatic hydroxyl groups is 5. The molecule has 7 aromatic rings. The fourth-order valence-electron chi connectivity index (χ4n) is 12.0. The van der Waals surface area contributed by atoms with Crippen molar-refractivity contribution in [3.63, 3.8) is 0 Å². The van der Waals surface area contributed by atoms with Crippen molar-refractivity contribution in [1.29, 1.82) is 0 Å². The lowest BCUT2D eigenvalue weighted by molar-refractivity contribution is -0.160. The van der Waals surface area contributed by atoms with Crippen molar-refractivity contribution in [2.75, 3.05) is 39.4 Å². The quantitative estimate of drug-likeness (QED) is 0.0690. The van der Waals surface area contributed by atoms with Crippen LogP contribution in [0.3, 0.4) is 0 Å². The third kappa shape index (κ3) is 16.4. The van der Waals surface area contributed by atoms with Gasteiger partial charge in [-0.3, -0.25) is 38.4 Å². The van der Waals surface area contributed by atoms with Gasteiger partial charge in [-0.1, -0.05) is 47.5 Å². The molecule has 22 N–H and O–H groups in total.